The van der Waals surface area contributed by atoms with Gasteiger partial charge < -0.3 is 14.0 Å². The van der Waals surface area contributed by atoms with Gasteiger partial charge in [-0.25, -0.2) is 0 Å². The minimum atomic E-state index is -1.02. The van der Waals surface area contributed by atoms with Crippen molar-refractivity contribution in [3.63, 3.8) is 0 Å². The molecule has 0 aliphatic rings. The third-order valence-corrected chi connectivity index (χ3v) is 4.97. The Kier molecular flexibility index (Phi) is 5.50. The zero-order chi connectivity index (χ0) is 15.3. The number of hydrogen-bond acceptors (Lipinski definition) is 2. The van der Waals surface area contributed by atoms with Gasteiger partial charge in [0.1, 0.15) is 18.2 Å². The van der Waals surface area contributed by atoms with E-state index < -0.39 is 8.07 Å². The molecule has 0 unspecified atom stereocenters. The Balaban J connectivity index is 1.80. The van der Waals surface area contributed by atoms with Crippen LogP contribution in [0.25, 0.3) is 0 Å². The summed E-state index contributed by atoms with van der Waals surface area (Å²) < 4.78 is 13.4. The molecule has 5 heteroatoms. The molecule has 0 saturated heterocycles. The van der Waals surface area contributed by atoms with Crippen LogP contribution in [0.15, 0.2) is 42.7 Å². The van der Waals surface area contributed by atoms with E-state index >= 15 is 0 Å². The summed E-state index contributed by atoms with van der Waals surface area (Å²) in [5, 5.41) is 0.704. The molecule has 1 aromatic carbocycles. The van der Waals surface area contributed by atoms with Gasteiger partial charge in [0, 0.05) is 32.1 Å². The van der Waals surface area contributed by atoms with Gasteiger partial charge in [0.25, 0.3) is 0 Å². The van der Waals surface area contributed by atoms with Crippen LogP contribution in [0.3, 0.4) is 0 Å². The third kappa shape index (κ3) is 5.95. The molecule has 1 heterocycles. The number of ether oxygens (including phenoxy) is 2. The van der Waals surface area contributed by atoms with Crippen LogP contribution in [0.2, 0.25) is 30.7 Å². The van der Waals surface area contributed by atoms with E-state index in [0.717, 1.165) is 18.1 Å². The van der Waals surface area contributed by atoms with Crippen molar-refractivity contribution < 1.29 is 9.47 Å². The molecule has 0 saturated carbocycles. The first-order chi connectivity index (χ1) is 9.92. The number of nitrogens with zero attached hydrogens (tertiary/aromatic N) is 1. The summed E-state index contributed by atoms with van der Waals surface area (Å²) in [7, 11) is -1.02. The molecule has 1 aromatic heterocycles. The first kappa shape index (κ1) is 16.1. The zero-order valence-electron chi connectivity index (χ0n) is 12.8. The van der Waals surface area contributed by atoms with Gasteiger partial charge in [-0.2, -0.15) is 0 Å². The largest absolute Gasteiger partial charge is 0.456 e. The molecule has 0 amide bonds. The quantitative estimate of drug-likeness (QED) is 0.513. The fourth-order valence-electron chi connectivity index (χ4n) is 1.75. The second kappa shape index (κ2) is 7.16. The van der Waals surface area contributed by atoms with Crippen molar-refractivity contribution in [2.75, 3.05) is 6.61 Å². The Morgan fingerprint density at radius 2 is 1.76 bits per heavy atom. The maximum Gasteiger partial charge on any atom is 0.145 e. The average Bonchev–Trinajstić information content (AvgIpc) is 2.84. The van der Waals surface area contributed by atoms with Gasteiger partial charge in [-0.15, -0.1) is 0 Å². The molecule has 3 nitrogen and oxygen atoms in total. The molecule has 0 bridgehead atoms. The van der Waals surface area contributed by atoms with E-state index in [2.05, 4.69) is 19.6 Å². The minimum absolute atomic E-state index is 0.564. The molecule has 0 fully saturated rings. The highest BCUT2D eigenvalue weighted by Gasteiger charge is 2.11. The fraction of sp³-hybridized carbons (Fsp3) is 0.375. The standard InChI is InChI=1S/C16H22ClNO2Si/c1-21(2,3)11-10-19-13-18-9-8-16(12-18)20-15-6-4-14(17)5-7-15/h4-9,12H,10-11,13H2,1-3H3. The SMILES string of the molecule is C[Si](C)(C)CCOCn1ccc(Oc2ccc(Cl)cc2)c1. The van der Waals surface area contributed by atoms with E-state index in [1.165, 1.54) is 6.04 Å². The van der Waals surface area contributed by atoms with Crippen molar-refractivity contribution in [3.8, 4) is 11.5 Å². The zero-order valence-corrected chi connectivity index (χ0v) is 14.6. The van der Waals surface area contributed by atoms with Gasteiger partial charge in [0.2, 0.25) is 0 Å². The molecule has 2 aromatic rings. The lowest BCUT2D eigenvalue weighted by Crippen LogP contribution is -2.21. The molecule has 114 valence electrons. The Labute approximate surface area is 132 Å². The van der Waals surface area contributed by atoms with Gasteiger partial charge in [-0.05, 0) is 36.4 Å². The fourth-order valence-corrected chi connectivity index (χ4v) is 2.63. The highest BCUT2D eigenvalue weighted by molar-refractivity contribution is 6.76. The van der Waals surface area contributed by atoms with Crippen LogP contribution in [0.1, 0.15) is 0 Å². The van der Waals surface area contributed by atoms with E-state index in [0.29, 0.717) is 11.8 Å². The third-order valence-electron chi connectivity index (χ3n) is 3.01. The summed E-state index contributed by atoms with van der Waals surface area (Å²) in [5.41, 5.74) is 0. The Morgan fingerprint density at radius 3 is 2.43 bits per heavy atom. The summed E-state index contributed by atoms with van der Waals surface area (Å²) in [6.45, 7) is 8.44. The van der Waals surface area contributed by atoms with E-state index in [9.17, 15) is 0 Å². The highest BCUT2D eigenvalue weighted by atomic mass is 35.5. The molecular weight excluding hydrogens is 302 g/mol. The number of hydrogen-bond donors (Lipinski definition) is 0. The van der Waals surface area contributed by atoms with Crippen LogP contribution >= 0.6 is 11.6 Å². The molecule has 0 radical (unpaired) electrons. The van der Waals surface area contributed by atoms with Crippen LogP contribution in [0, 0.1) is 0 Å². The molecule has 0 aliphatic carbocycles. The number of aromatic nitrogens is 1. The van der Waals surface area contributed by atoms with Crippen LogP contribution in [0.5, 0.6) is 11.5 Å². The normalized spacial score (nSPS) is 11.6. The van der Waals surface area contributed by atoms with E-state index in [1.807, 2.05) is 47.3 Å². The summed E-state index contributed by atoms with van der Waals surface area (Å²) in [6, 6.07) is 10.4. The molecule has 0 aliphatic heterocycles. The predicted molar refractivity (Wildman–Crippen MR) is 90.1 cm³/mol. The van der Waals surface area contributed by atoms with Gasteiger partial charge in [0.15, 0.2) is 0 Å². The van der Waals surface area contributed by atoms with Crippen molar-refractivity contribution in [2.24, 2.45) is 0 Å². The van der Waals surface area contributed by atoms with Crippen molar-refractivity contribution >= 4 is 19.7 Å². The van der Waals surface area contributed by atoms with Gasteiger partial charge in [-0.3, -0.25) is 0 Å². The van der Waals surface area contributed by atoms with Crippen molar-refractivity contribution in [1.29, 1.82) is 0 Å². The number of rotatable bonds is 7. The molecular formula is C16H22ClNO2Si. The Bertz CT molecular complexity index is 560. The monoisotopic (exact) mass is 323 g/mol. The van der Waals surface area contributed by atoms with Gasteiger partial charge >= 0.3 is 0 Å². The van der Waals surface area contributed by atoms with Crippen LogP contribution in [0.4, 0.5) is 0 Å². The van der Waals surface area contributed by atoms with Gasteiger partial charge in [0.05, 0.1) is 0 Å². The Hall–Kier alpha value is -1.23. The first-order valence-electron chi connectivity index (χ1n) is 7.09. The minimum Gasteiger partial charge on any atom is -0.456 e. The lowest BCUT2D eigenvalue weighted by atomic mass is 10.3. The maximum absolute atomic E-state index is 5.85. The molecule has 0 atom stereocenters. The second-order valence-corrected chi connectivity index (χ2v) is 12.3. The molecule has 2 rings (SSSR count). The van der Waals surface area contributed by atoms with Crippen LogP contribution in [-0.2, 0) is 11.5 Å². The predicted octanol–water partition coefficient (Wildman–Crippen LogP) is 5.25. The summed E-state index contributed by atoms with van der Waals surface area (Å²) in [4.78, 5) is 0. The average molecular weight is 324 g/mol. The highest BCUT2D eigenvalue weighted by Crippen LogP contribution is 2.23. The van der Waals surface area contributed by atoms with Gasteiger partial charge in [-0.1, -0.05) is 31.2 Å². The second-order valence-electron chi connectivity index (χ2n) is 6.27. The van der Waals surface area contributed by atoms with Crippen molar-refractivity contribution in [1.82, 2.24) is 4.57 Å². The molecule has 21 heavy (non-hydrogen) atoms. The topological polar surface area (TPSA) is 23.4 Å². The summed E-state index contributed by atoms with van der Waals surface area (Å²) in [6.07, 6.45) is 3.89. The van der Waals surface area contributed by atoms with E-state index in [-0.39, 0.29) is 0 Å². The summed E-state index contributed by atoms with van der Waals surface area (Å²) in [5.74, 6) is 1.57. The Morgan fingerprint density at radius 1 is 1.05 bits per heavy atom. The number of benzene rings is 1. The lowest BCUT2D eigenvalue weighted by molar-refractivity contribution is 0.0873. The van der Waals surface area contributed by atoms with Crippen LogP contribution in [-0.4, -0.2) is 19.2 Å². The van der Waals surface area contributed by atoms with E-state index in [1.54, 1.807) is 0 Å². The lowest BCUT2D eigenvalue weighted by Gasteiger charge is -2.15. The number of halogens is 1. The smallest absolute Gasteiger partial charge is 0.145 e. The molecule has 0 spiro atoms. The van der Waals surface area contributed by atoms with Crippen molar-refractivity contribution in [2.45, 2.75) is 32.4 Å². The molecule has 0 N–H and O–H groups in total. The van der Waals surface area contributed by atoms with Crippen molar-refractivity contribution in [3.05, 3.63) is 47.7 Å². The van der Waals surface area contributed by atoms with Crippen LogP contribution < -0.4 is 4.74 Å². The maximum atomic E-state index is 5.85. The summed E-state index contributed by atoms with van der Waals surface area (Å²) >= 11 is 5.85. The van der Waals surface area contributed by atoms with E-state index in [4.69, 9.17) is 21.1 Å². The first-order valence-corrected chi connectivity index (χ1v) is 11.2.